The number of likely N-dealkylation sites (tertiary alicyclic amines) is 1. The van der Waals surface area contributed by atoms with E-state index in [0.29, 0.717) is 0 Å². The number of nitrogens with zero attached hydrogens (tertiary/aromatic N) is 2. The molecule has 0 amide bonds. The highest BCUT2D eigenvalue weighted by Gasteiger charge is 2.25. The van der Waals surface area contributed by atoms with Crippen molar-refractivity contribution < 1.29 is 0 Å². The summed E-state index contributed by atoms with van der Waals surface area (Å²) < 4.78 is 1.03. The van der Waals surface area contributed by atoms with Gasteiger partial charge in [-0.05, 0) is 48.2 Å². The van der Waals surface area contributed by atoms with Crippen LogP contribution in [0.4, 0.5) is 0 Å². The summed E-state index contributed by atoms with van der Waals surface area (Å²) >= 11 is 2.52. The van der Waals surface area contributed by atoms with Crippen LogP contribution in [0.2, 0.25) is 0 Å². The zero-order valence-corrected chi connectivity index (χ0v) is 19.7. The minimum Gasteiger partial charge on any atom is -0.373 e. The molecule has 2 unspecified atom stereocenters. The Hall–Kier alpha value is -0.930. The maximum Gasteiger partial charge on any atom is 0.0671 e. The molecule has 1 heterocycles. The van der Waals surface area contributed by atoms with Crippen LogP contribution >= 0.6 is 31.8 Å². The number of halogens is 1. The van der Waals surface area contributed by atoms with Gasteiger partial charge < -0.3 is 4.90 Å². The summed E-state index contributed by atoms with van der Waals surface area (Å²) in [4.78, 5) is 7.64. The number of hydrogen-bond donors (Lipinski definition) is 0. The van der Waals surface area contributed by atoms with Crippen LogP contribution in [0.5, 0.6) is 0 Å². The van der Waals surface area contributed by atoms with E-state index in [0.717, 1.165) is 22.6 Å². The first-order valence-corrected chi connectivity index (χ1v) is 12.0. The number of allylic oxidation sites excluding steroid dienone is 6. The van der Waals surface area contributed by atoms with Gasteiger partial charge in [0.05, 0.1) is 12.3 Å². The van der Waals surface area contributed by atoms with Crippen molar-refractivity contribution in [1.29, 1.82) is 0 Å². The van der Waals surface area contributed by atoms with Crippen LogP contribution in [0.25, 0.3) is 0 Å². The van der Waals surface area contributed by atoms with Crippen molar-refractivity contribution in [1.82, 2.24) is 4.90 Å². The molecule has 1 aliphatic carbocycles. The van der Waals surface area contributed by atoms with Gasteiger partial charge in [0.15, 0.2) is 0 Å². The monoisotopic (exact) mass is 492 g/mol. The van der Waals surface area contributed by atoms with E-state index in [2.05, 4.69) is 93.1 Å². The van der Waals surface area contributed by atoms with Crippen molar-refractivity contribution >= 4 is 42.8 Å². The molecule has 0 radical (unpaired) electrons. The van der Waals surface area contributed by atoms with Crippen LogP contribution in [0.3, 0.4) is 0 Å². The highest BCUT2D eigenvalue weighted by Crippen LogP contribution is 2.29. The van der Waals surface area contributed by atoms with Crippen molar-refractivity contribution in [3.63, 3.8) is 0 Å². The first kappa shape index (κ1) is 20.8. The molecule has 0 saturated carbocycles. The summed E-state index contributed by atoms with van der Waals surface area (Å²) in [7, 11) is 2.83. The van der Waals surface area contributed by atoms with Crippen LogP contribution in [-0.2, 0) is 6.54 Å². The Morgan fingerprint density at radius 2 is 2.11 bits per heavy atom. The van der Waals surface area contributed by atoms with Crippen LogP contribution < -0.4 is 5.30 Å². The molecule has 27 heavy (non-hydrogen) atoms. The van der Waals surface area contributed by atoms with E-state index < -0.39 is 0 Å². The van der Waals surface area contributed by atoms with E-state index >= 15 is 0 Å². The van der Waals surface area contributed by atoms with Gasteiger partial charge >= 0.3 is 0 Å². The van der Waals surface area contributed by atoms with Gasteiger partial charge in [0.25, 0.3) is 0 Å². The lowest BCUT2D eigenvalue weighted by Gasteiger charge is -2.25. The second kappa shape index (κ2) is 10.0. The van der Waals surface area contributed by atoms with Crippen LogP contribution in [0.15, 0.2) is 64.3 Å². The fourth-order valence-corrected chi connectivity index (χ4v) is 5.11. The number of alkyl halides is 1. The van der Waals surface area contributed by atoms with Gasteiger partial charge in [0, 0.05) is 28.8 Å². The normalized spacial score (nSPS) is 23.1. The molecule has 0 spiro atoms. The van der Waals surface area contributed by atoms with E-state index in [1.807, 2.05) is 0 Å². The van der Waals surface area contributed by atoms with Gasteiger partial charge in [-0.2, -0.15) is 0 Å². The number of benzene rings is 1. The molecule has 3 rings (SSSR count). The summed E-state index contributed by atoms with van der Waals surface area (Å²) in [5.74, 6) is 0.850. The third kappa shape index (κ3) is 5.32. The minimum absolute atomic E-state index is 0.725. The molecule has 1 aliphatic heterocycles. The van der Waals surface area contributed by atoms with Crippen molar-refractivity contribution in [3.8, 4) is 0 Å². The Kier molecular flexibility index (Phi) is 7.72. The molecule has 144 valence electrons. The van der Waals surface area contributed by atoms with Gasteiger partial charge in [-0.25, -0.2) is 0 Å². The average molecular weight is 492 g/mol. The Bertz CT molecular complexity index is 791. The zero-order chi connectivity index (χ0) is 19.2. The fraction of sp³-hybridized carbons (Fsp3) is 0.435. The molecule has 2 atom stereocenters. The molecule has 1 aromatic carbocycles. The topological polar surface area (TPSA) is 15.6 Å². The van der Waals surface area contributed by atoms with Gasteiger partial charge in [0.1, 0.15) is 0 Å². The molecule has 0 aromatic heterocycles. The maximum atomic E-state index is 5.03. The van der Waals surface area contributed by atoms with E-state index in [1.54, 1.807) is 0 Å². The molecule has 0 N–H and O–H groups in total. The average Bonchev–Trinajstić information content (AvgIpc) is 3.12. The first-order chi connectivity index (χ1) is 13.1. The first-order valence-electron chi connectivity index (χ1n) is 9.91. The smallest absolute Gasteiger partial charge is 0.0671 e. The quantitative estimate of drug-likeness (QED) is 0.293. The Balaban J connectivity index is 1.88. The third-order valence-electron chi connectivity index (χ3n) is 5.43. The Labute approximate surface area is 180 Å². The summed E-state index contributed by atoms with van der Waals surface area (Å²) in [5, 5.41) is 1.23. The lowest BCUT2D eigenvalue weighted by atomic mass is 9.98. The number of rotatable bonds is 6. The van der Waals surface area contributed by atoms with Crippen LogP contribution in [-0.4, -0.2) is 28.1 Å². The Morgan fingerprint density at radius 1 is 1.30 bits per heavy atom. The van der Waals surface area contributed by atoms with Crippen molar-refractivity contribution in [2.75, 3.05) is 17.5 Å². The fourth-order valence-electron chi connectivity index (χ4n) is 3.91. The highest BCUT2D eigenvalue weighted by atomic mass is 127. The predicted molar refractivity (Wildman–Crippen MR) is 130 cm³/mol. The molecule has 1 saturated heterocycles. The molecular formula is C23H30IN2P. The molecule has 1 fully saturated rings. The van der Waals surface area contributed by atoms with Crippen LogP contribution in [0.1, 0.15) is 38.7 Å². The molecular weight excluding hydrogens is 462 g/mol. The summed E-state index contributed by atoms with van der Waals surface area (Å²) in [6, 6.07) is 8.47. The molecule has 0 bridgehead atoms. The predicted octanol–water partition coefficient (Wildman–Crippen LogP) is 5.46. The van der Waals surface area contributed by atoms with E-state index in [4.69, 9.17) is 4.99 Å². The van der Waals surface area contributed by atoms with E-state index in [1.165, 1.54) is 60.1 Å². The third-order valence-corrected chi connectivity index (χ3v) is 6.72. The van der Waals surface area contributed by atoms with Crippen molar-refractivity contribution in [2.24, 2.45) is 10.9 Å². The molecule has 4 heteroatoms. The number of hydrogen-bond acceptors (Lipinski definition) is 2. The summed E-state index contributed by atoms with van der Waals surface area (Å²) in [5.41, 5.74) is 6.44. The summed E-state index contributed by atoms with van der Waals surface area (Å²) in [6.45, 7) is 7.57. The largest absolute Gasteiger partial charge is 0.373 e. The maximum absolute atomic E-state index is 5.03. The van der Waals surface area contributed by atoms with E-state index in [9.17, 15) is 0 Å². The highest BCUT2D eigenvalue weighted by molar-refractivity contribution is 14.1. The van der Waals surface area contributed by atoms with Gasteiger partial charge in [-0.1, -0.05) is 72.4 Å². The number of aliphatic imine (C=N–C) groups is 1. The molecule has 2 aliphatic rings. The van der Waals surface area contributed by atoms with Crippen molar-refractivity contribution in [3.05, 3.63) is 64.9 Å². The molecule has 2 nitrogen and oxygen atoms in total. The SMILES string of the molecule is CCCC1CCN(/C(CI)=C2\C=CC(C)=CC2=NCc2ccccc2P)C1. The lowest BCUT2D eigenvalue weighted by molar-refractivity contribution is 0.397. The van der Waals surface area contributed by atoms with Crippen LogP contribution in [0, 0.1) is 5.92 Å². The van der Waals surface area contributed by atoms with Crippen molar-refractivity contribution in [2.45, 2.75) is 39.7 Å². The van der Waals surface area contributed by atoms with Gasteiger partial charge in [0.2, 0.25) is 0 Å². The minimum atomic E-state index is 0.725. The standard InChI is InChI=1S/C23H30IN2P/c1-3-6-18-11-12-26(16-18)22(14-24)20-10-9-17(2)13-21(20)25-15-19-7-4-5-8-23(19)27/h4-5,7-10,13,18H,3,6,11-12,14-16,27H2,1-2H3/b22-20+,25-21?. The van der Waals surface area contributed by atoms with Gasteiger partial charge in [-0.15, -0.1) is 9.24 Å². The zero-order valence-electron chi connectivity index (χ0n) is 16.4. The second-order valence-electron chi connectivity index (χ2n) is 7.51. The molecule has 1 aromatic rings. The van der Waals surface area contributed by atoms with Gasteiger partial charge in [-0.3, -0.25) is 4.99 Å². The summed E-state index contributed by atoms with van der Waals surface area (Å²) in [6.07, 6.45) is 10.7. The lowest BCUT2D eigenvalue weighted by Crippen LogP contribution is -2.24. The Morgan fingerprint density at radius 3 is 2.85 bits per heavy atom. The van der Waals surface area contributed by atoms with E-state index in [-0.39, 0.29) is 0 Å². The second-order valence-corrected chi connectivity index (χ2v) is 8.89.